The number of rotatable bonds is 4. The van der Waals surface area contributed by atoms with E-state index in [2.05, 4.69) is 11.9 Å². The molecule has 0 radical (unpaired) electrons. The number of aromatic nitrogens is 2. The van der Waals surface area contributed by atoms with Gasteiger partial charge in [-0.1, -0.05) is 6.92 Å². The van der Waals surface area contributed by atoms with Gasteiger partial charge in [0, 0.05) is 28.9 Å². The van der Waals surface area contributed by atoms with Crippen LogP contribution in [0.2, 0.25) is 0 Å². The van der Waals surface area contributed by atoms with Crippen LogP contribution in [0.1, 0.15) is 37.1 Å². The van der Waals surface area contributed by atoms with Crippen LogP contribution in [0.25, 0.3) is 11.4 Å². The highest BCUT2D eigenvalue weighted by atomic mass is 16.5. The Hall–Kier alpha value is -2.17. The molecule has 3 rings (SSSR count). The molecule has 0 bridgehead atoms. The first-order chi connectivity index (χ1) is 10.2. The smallest absolute Gasteiger partial charge is 0.162 e. The number of benzene rings is 1. The molecule has 1 atom stereocenters. The summed E-state index contributed by atoms with van der Waals surface area (Å²) < 4.78 is 10.6. The topological polar surface area (TPSA) is 73.2 Å². The van der Waals surface area contributed by atoms with Gasteiger partial charge in [0.25, 0.3) is 0 Å². The van der Waals surface area contributed by atoms with Gasteiger partial charge in [0.1, 0.15) is 5.82 Å². The fraction of sp³-hybridized carbons (Fsp3) is 0.438. The van der Waals surface area contributed by atoms with Crippen LogP contribution in [-0.4, -0.2) is 24.2 Å². The van der Waals surface area contributed by atoms with Crippen molar-refractivity contribution in [3.8, 4) is 22.9 Å². The number of ether oxygens (including phenoxy) is 2. The van der Waals surface area contributed by atoms with Crippen molar-refractivity contribution in [1.82, 2.24) is 9.97 Å². The SMILES string of the molecule is CCC1CCc2[nH]c(-c3cc(OC)c(OC)cc3N)nc21. The molecule has 5 heteroatoms. The molecule has 2 aromatic rings. The number of aryl methyl sites for hydroxylation is 1. The fourth-order valence-electron chi connectivity index (χ4n) is 3.03. The van der Waals surface area contributed by atoms with E-state index in [-0.39, 0.29) is 0 Å². The highest BCUT2D eigenvalue weighted by molar-refractivity contribution is 5.76. The Morgan fingerprint density at radius 2 is 2.00 bits per heavy atom. The maximum Gasteiger partial charge on any atom is 0.162 e. The third-order valence-electron chi connectivity index (χ3n) is 4.24. The molecule has 0 saturated carbocycles. The van der Waals surface area contributed by atoms with Crippen molar-refractivity contribution in [3.63, 3.8) is 0 Å². The van der Waals surface area contributed by atoms with Crippen LogP contribution in [0.4, 0.5) is 5.69 Å². The van der Waals surface area contributed by atoms with E-state index in [9.17, 15) is 0 Å². The number of fused-ring (bicyclic) bond motifs is 1. The second-order valence-corrected chi connectivity index (χ2v) is 5.39. The Bertz CT molecular complexity index is 664. The van der Waals surface area contributed by atoms with Gasteiger partial charge in [0.2, 0.25) is 0 Å². The number of nitrogens with two attached hydrogens (primary N) is 1. The van der Waals surface area contributed by atoms with Gasteiger partial charge in [-0.05, 0) is 25.3 Å². The molecule has 21 heavy (non-hydrogen) atoms. The lowest BCUT2D eigenvalue weighted by Crippen LogP contribution is -1.98. The minimum atomic E-state index is 0.561. The summed E-state index contributed by atoms with van der Waals surface area (Å²) in [6, 6.07) is 3.65. The third-order valence-corrected chi connectivity index (χ3v) is 4.24. The minimum Gasteiger partial charge on any atom is -0.493 e. The van der Waals surface area contributed by atoms with Gasteiger partial charge in [0.15, 0.2) is 11.5 Å². The maximum absolute atomic E-state index is 6.14. The highest BCUT2D eigenvalue weighted by Gasteiger charge is 2.26. The van der Waals surface area contributed by atoms with Crippen LogP contribution in [-0.2, 0) is 6.42 Å². The number of hydrogen-bond acceptors (Lipinski definition) is 4. The molecule has 0 fully saturated rings. The first-order valence-corrected chi connectivity index (χ1v) is 7.28. The van der Waals surface area contributed by atoms with Crippen molar-refractivity contribution in [1.29, 1.82) is 0 Å². The number of H-pyrrole nitrogens is 1. The van der Waals surface area contributed by atoms with Gasteiger partial charge >= 0.3 is 0 Å². The standard InChI is InChI=1S/C16H21N3O2/c1-4-9-5-6-12-15(9)19-16(18-12)10-7-13(20-2)14(21-3)8-11(10)17/h7-9H,4-6,17H2,1-3H3,(H,18,19). The van der Waals surface area contributed by atoms with E-state index in [4.69, 9.17) is 20.2 Å². The monoisotopic (exact) mass is 287 g/mol. The van der Waals surface area contributed by atoms with Crippen molar-refractivity contribution >= 4 is 5.69 Å². The van der Waals surface area contributed by atoms with Crippen LogP contribution in [0.15, 0.2) is 12.1 Å². The largest absolute Gasteiger partial charge is 0.493 e. The maximum atomic E-state index is 6.14. The van der Waals surface area contributed by atoms with E-state index in [1.165, 1.54) is 17.8 Å². The average molecular weight is 287 g/mol. The van der Waals surface area contributed by atoms with Crippen molar-refractivity contribution in [2.45, 2.75) is 32.1 Å². The number of nitrogen functional groups attached to an aromatic ring is 1. The Morgan fingerprint density at radius 3 is 2.67 bits per heavy atom. The van der Waals surface area contributed by atoms with Crippen molar-refractivity contribution in [3.05, 3.63) is 23.5 Å². The summed E-state index contributed by atoms with van der Waals surface area (Å²) in [5.74, 6) is 2.66. The predicted octanol–water partition coefficient (Wildman–Crippen LogP) is 3.12. The molecule has 3 N–H and O–H groups in total. The molecule has 0 aliphatic heterocycles. The van der Waals surface area contributed by atoms with Gasteiger partial charge in [-0.3, -0.25) is 0 Å². The van der Waals surface area contributed by atoms with Gasteiger partial charge in [-0.2, -0.15) is 0 Å². The summed E-state index contributed by atoms with van der Waals surface area (Å²) in [6.45, 7) is 2.21. The Morgan fingerprint density at radius 1 is 1.29 bits per heavy atom. The quantitative estimate of drug-likeness (QED) is 0.847. The number of nitrogens with one attached hydrogen (secondary N) is 1. The van der Waals surface area contributed by atoms with E-state index in [1.54, 1.807) is 20.3 Å². The number of anilines is 1. The summed E-state index contributed by atoms with van der Waals surface area (Å²) in [6.07, 6.45) is 3.37. The first kappa shape index (κ1) is 13.8. The summed E-state index contributed by atoms with van der Waals surface area (Å²) in [7, 11) is 3.22. The molecular weight excluding hydrogens is 266 g/mol. The summed E-state index contributed by atoms with van der Waals surface area (Å²) >= 11 is 0. The van der Waals surface area contributed by atoms with Gasteiger partial charge < -0.3 is 20.2 Å². The Labute approximate surface area is 124 Å². The van der Waals surface area contributed by atoms with Crippen LogP contribution >= 0.6 is 0 Å². The fourth-order valence-corrected chi connectivity index (χ4v) is 3.03. The van der Waals surface area contributed by atoms with E-state index >= 15 is 0 Å². The Balaban J connectivity index is 2.05. The number of imidazole rings is 1. The number of nitrogens with zero attached hydrogens (tertiary/aromatic N) is 1. The lowest BCUT2D eigenvalue weighted by atomic mass is 10.0. The number of hydrogen-bond donors (Lipinski definition) is 2. The molecule has 5 nitrogen and oxygen atoms in total. The zero-order valence-electron chi connectivity index (χ0n) is 12.7. The molecule has 0 amide bonds. The lowest BCUT2D eigenvalue weighted by Gasteiger charge is -2.11. The van der Waals surface area contributed by atoms with Gasteiger partial charge in [-0.15, -0.1) is 0 Å². The minimum absolute atomic E-state index is 0.561. The molecule has 1 unspecified atom stereocenters. The molecule has 1 aromatic heterocycles. The molecule has 1 aliphatic carbocycles. The van der Waals surface area contributed by atoms with Crippen molar-refractivity contribution in [2.24, 2.45) is 0 Å². The van der Waals surface area contributed by atoms with E-state index in [0.29, 0.717) is 23.1 Å². The zero-order valence-corrected chi connectivity index (χ0v) is 12.7. The summed E-state index contributed by atoms with van der Waals surface area (Å²) in [5.41, 5.74) is 10.1. The van der Waals surface area contributed by atoms with Crippen LogP contribution < -0.4 is 15.2 Å². The van der Waals surface area contributed by atoms with Crippen molar-refractivity contribution in [2.75, 3.05) is 20.0 Å². The van der Waals surface area contributed by atoms with Crippen LogP contribution in [0.5, 0.6) is 11.5 Å². The third kappa shape index (κ3) is 2.22. The number of aromatic amines is 1. The second-order valence-electron chi connectivity index (χ2n) is 5.39. The van der Waals surface area contributed by atoms with Crippen LogP contribution in [0, 0.1) is 0 Å². The average Bonchev–Trinajstić information content (AvgIpc) is 3.06. The number of methoxy groups -OCH3 is 2. The molecule has 0 saturated heterocycles. The first-order valence-electron chi connectivity index (χ1n) is 7.28. The molecule has 0 spiro atoms. The normalized spacial score (nSPS) is 16.8. The zero-order chi connectivity index (χ0) is 15.0. The summed E-state index contributed by atoms with van der Waals surface area (Å²) in [4.78, 5) is 8.19. The van der Waals surface area contributed by atoms with Crippen LogP contribution in [0.3, 0.4) is 0 Å². The lowest BCUT2D eigenvalue weighted by molar-refractivity contribution is 0.355. The highest BCUT2D eigenvalue weighted by Crippen LogP contribution is 2.39. The van der Waals surface area contributed by atoms with Gasteiger partial charge in [-0.25, -0.2) is 4.98 Å². The predicted molar refractivity (Wildman–Crippen MR) is 82.9 cm³/mol. The Kier molecular flexibility index (Phi) is 3.49. The molecule has 1 aliphatic rings. The van der Waals surface area contributed by atoms with Crippen molar-refractivity contribution < 1.29 is 9.47 Å². The summed E-state index contributed by atoms with van der Waals surface area (Å²) in [5, 5.41) is 0. The molecule has 1 aromatic carbocycles. The molecular formula is C16H21N3O2. The molecule has 1 heterocycles. The second kappa shape index (κ2) is 5.31. The van der Waals surface area contributed by atoms with E-state index in [1.807, 2.05) is 6.07 Å². The molecule has 112 valence electrons. The van der Waals surface area contributed by atoms with E-state index in [0.717, 1.165) is 24.2 Å². The van der Waals surface area contributed by atoms with Gasteiger partial charge in [0.05, 0.1) is 19.9 Å². The van der Waals surface area contributed by atoms with E-state index < -0.39 is 0 Å².